The van der Waals surface area contributed by atoms with Gasteiger partial charge >= 0.3 is 0 Å². The maximum atomic E-state index is 3.71. The van der Waals surface area contributed by atoms with E-state index in [1.165, 1.54) is 39.5 Å². The van der Waals surface area contributed by atoms with E-state index in [9.17, 15) is 0 Å². The second-order valence-electron chi connectivity index (χ2n) is 4.88. The van der Waals surface area contributed by atoms with Crippen LogP contribution >= 0.6 is 28.3 Å². The number of hydrogen-bond donors (Lipinski definition) is 2. The second kappa shape index (κ2) is 4.01. The fourth-order valence-electron chi connectivity index (χ4n) is 3.27. The monoisotopic (exact) mass is 312 g/mol. The SMILES string of the molecule is Brc1cccc2c3c([nH]c12)CC1CCC3N1.Cl. The van der Waals surface area contributed by atoms with E-state index in [1.54, 1.807) is 0 Å². The second-order valence-corrected chi connectivity index (χ2v) is 5.73. The Balaban J connectivity index is 0.000000902. The number of halogens is 2. The van der Waals surface area contributed by atoms with Crippen molar-refractivity contribution in [1.29, 1.82) is 0 Å². The van der Waals surface area contributed by atoms with E-state index in [1.807, 2.05) is 0 Å². The largest absolute Gasteiger partial charge is 0.357 e. The lowest BCUT2D eigenvalue weighted by molar-refractivity contribution is 0.513. The zero-order valence-electron chi connectivity index (χ0n) is 9.29. The summed E-state index contributed by atoms with van der Waals surface area (Å²) in [5.41, 5.74) is 4.24. The predicted molar refractivity (Wildman–Crippen MR) is 75.8 cm³/mol. The van der Waals surface area contributed by atoms with Gasteiger partial charge in [-0.25, -0.2) is 0 Å². The Kier molecular flexibility index (Phi) is 2.73. The highest BCUT2D eigenvalue weighted by Crippen LogP contribution is 2.41. The van der Waals surface area contributed by atoms with E-state index < -0.39 is 0 Å². The van der Waals surface area contributed by atoms with Gasteiger partial charge in [-0.15, -0.1) is 12.4 Å². The van der Waals surface area contributed by atoms with Crippen LogP contribution in [0.1, 0.15) is 30.1 Å². The van der Waals surface area contributed by atoms with Gasteiger partial charge in [0.15, 0.2) is 0 Å². The molecule has 1 aromatic carbocycles. The van der Waals surface area contributed by atoms with Crippen molar-refractivity contribution in [3.05, 3.63) is 33.9 Å². The van der Waals surface area contributed by atoms with Crippen molar-refractivity contribution in [2.45, 2.75) is 31.3 Å². The molecule has 1 aromatic heterocycles. The Morgan fingerprint density at radius 1 is 1.24 bits per heavy atom. The highest BCUT2D eigenvalue weighted by atomic mass is 79.9. The first-order valence-corrected chi connectivity index (χ1v) is 6.67. The Labute approximate surface area is 115 Å². The number of fused-ring (bicyclic) bond motifs is 6. The number of nitrogens with one attached hydrogen (secondary N) is 2. The van der Waals surface area contributed by atoms with Crippen molar-refractivity contribution in [2.75, 3.05) is 0 Å². The lowest BCUT2D eigenvalue weighted by Gasteiger charge is -2.21. The summed E-state index contributed by atoms with van der Waals surface area (Å²) >= 11 is 3.62. The summed E-state index contributed by atoms with van der Waals surface area (Å²) in [6.45, 7) is 0. The van der Waals surface area contributed by atoms with Crippen LogP contribution < -0.4 is 5.32 Å². The maximum Gasteiger partial charge on any atom is 0.0603 e. The van der Waals surface area contributed by atoms with Crippen LogP contribution in [0.25, 0.3) is 10.9 Å². The number of aromatic amines is 1. The molecule has 1 fully saturated rings. The third kappa shape index (κ3) is 1.56. The van der Waals surface area contributed by atoms with Crippen LogP contribution in [0.5, 0.6) is 0 Å². The molecule has 3 heterocycles. The minimum atomic E-state index is 0. The molecule has 90 valence electrons. The summed E-state index contributed by atoms with van der Waals surface area (Å²) in [5.74, 6) is 0. The van der Waals surface area contributed by atoms with Gasteiger partial charge in [-0.3, -0.25) is 0 Å². The van der Waals surface area contributed by atoms with E-state index in [-0.39, 0.29) is 12.4 Å². The number of hydrogen-bond acceptors (Lipinski definition) is 1. The molecule has 0 aliphatic carbocycles. The number of rotatable bonds is 0. The topological polar surface area (TPSA) is 27.8 Å². The van der Waals surface area contributed by atoms with Crippen LogP contribution in [0.4, 0.5) is 0 Å². The standard InChI is InChI=1S/C13H13BrN2.ClH/c14-9-3-1-2-8-12-10-5-4-7(15-10)6-11(12)16-13(8)9;/h1-3,7,10,15-16H,4-6H2;1H. The van der Waals surface area contributed by atoms with Gasteiger partial charge in [0.25, 0.3) is 0 Å². The zero-order valence-corrected chi connectivity index (χ0v) is 11.7. The van der Waals surface area contributed by atoms with Crippen LogP contribution in [0, 0.1) is 0 Å². The Bertz CT molecular complexity index is 578. The molecule has 2 aliphatic heterocycles. The van der Waals surface area contributed by atoms with Gasteiger partial charge in [0.05, 0.1) is 5.52 Å². The fourth-order valence-corrected chi connectivity index (χ4v) is 3.73. The van der Waals surface area contributed by atoms with Crippen molar-refractivity contribution >= 4 is 39.2 Å². The Morgan fingerprint density at radius 3 is 3.00 bits per heavy atom. The van der Waals surface area contributed by atoms with Crippen LogP contribution in [-0.2, 0) is 6.42 Å². The molecular formula is C13H14BrClN2. The molecule has 2 N–H and O–H groups in total. The van der Waals surface area contributed by atoms with Crippen molar-refractivity contribution in [2.24, 2.45) is 0 Å². The van der Waals surface area contributed by atoms with E-state index in [4.69, 9.17) is 0 Å². The Morgan fingerprint density at radius 2 is 2.12 bits per heavy atom. The fraction of sp³-hybridized carbons (Fsp3) is 0.385. The smallest absolute Gasteiger partial charge is 0.0603 e. The summed E-state index contributed by atoms with van der Waals surface area (Å²) in [5, 5.41) is 5.10. The van der Waals surface area contributed by atoms with Gasteiger partial charge in [-0.2, -0.15) is 0 Å². The number of H-pyrrole nitrogens is 1. The number of para-hydroxylation sites is 1. The molecular weight excluding hydrogens is 300 g/mol. The van der Waals surface area contributed by atoms with Crippen molar-refractivity contribution < 1.29 is 0 Å². The van der Waals surface area contributed by atoms with Crippen LogP contribution in [-0.4, -0.2) is 11.0 Å². The third-order valence-corrected chi connectivity index (χ3v) is 4.61. The average molecular weight is 314 g/mol. The van der Waals surface area contributed by atoms with Gasteiger partial charge < -0.3 is 10.3 Å². The summed E-state index contributed by atoms with van der Waals surface area (Å²) in [6, 6.07) is 7.74. The van der Waals surface area contributed by atoms with Crippen molar-refractivity contribution in [3.8, 4) is 0 Å². The molecule has 0 radical (unpaired) electrons. The van der Waals surface area contributed by atoms with E-state index in [0.717, 1.165) is 6.42 Å². The quantitative estimate of drug-likeness (QED) is 0.762. The molecule has 0 saturated carbocycles. The predicted octanol–water partition coefficient (Wildman–Crippen LogP) is 3.70. The summed E-state index contributed by atoms with van der Waals surface area (Å²) in [6.07, 6.45) is 3.77. The molecule has 2 nitrogen and oxygen atoms in total. The summed E-state index contributed by atoms with van der Waals surface area (Å²) < 4.78 is 1.18. The Hall–Kier alpha value is -0.510. The molecule has 4 rings (SSSR count). The van der Waals surface area contributed by atoms with Gasteiger partial charge in [0.1, 0.15) is 0 Å². The lowest BCUT2D eigenvalue weighted by atomic mass is 9.99. The van der Waals surface area contributed by atoms with Crippen molar-refractivity contribution in [3.63, 3.8) is 0 Å². The molecule has 17 heavy (non-hydrogen) atoms. The molecule has 2 atom stereocenters. The first-order chi connectivity index (χ1) is 7.83. The van der Waals surface area contributed by atoms with Gasteiger partial charge in [-0.1, -0.05) is 12.1 Å². The highest BCUT2D eigenvalue weighted by molar-refractivity contribution is 9.10. The van der Waals surface area contributed by atoms with E-state index >= 15 is 0 Å². The number of aromatic nitrogens is 1. The molecule has 0 amide bonds. The summed E-state index contributed by atoms with van der Waals surface area (Å²) in [4.78, 5) is 3.60. The molecule has 2 aromatic rings. The minimum Gasteiger partial charge on any atom is -0.357 e. The van der Waals surface area contributed by atoms with E-state index in [2.05, 4.69) is 44.4 Å². The minimum absolute atomic E-state index is 0. The van der Waals surface area contributed by atoms with Gasteiger partial charge in [0.2, 0.25) is 0 Å². The molecule has 1 saturated heterocycles. The molecule has 2 unspecified atom stereocenters. The first kappa shape index (κ1) is 11.6. The van der Waals surface area contributed by atoms with E-state index in [0.29, 0.717) is 12.1 Å². The van der Waals surface area contributed by atoms with Gasteiger partial charge in [0, 0.05) is 34.1 Å². The average Bonchev–Trinajstić information content (AvgIpc) is 2.82. The first-order valence-electron chi connectivity index (χ1n) is 5.88. The van der Waals surface area contributed by atoms with Gasteiger partial charge in [-0.05, 0) is 40.4 Å². The molecule has 2 bridgehead atoms. The highest BCUT2D eigenvalue weighted by Gasteiger charge is 2.34. The normalized spacial score (nSPS) is 25.7. The van der Waals surface area contributed by atoms with Crippen LogP contribution in [0.15, 0.2) is 22.7 Å². The lowest BCUT2D eigenvalue weighted by Crippen LogP contribution is -2.31. The van der Waals surface area contributed by atoms with Crippen LogP contribution in [0.2, 0.25) is 0 Å². The third-order valence-electron chi connectivity index (χ3n) is 3.94. The maximum absolute atomic E-state index is 3.71. The van der Waals surface area contributed by atoms with Crippen molar-refractivity contribution in [1.82, 2.24) is 10.3 Å². The molecule has 2 aliphatic rings. The zero-order chi connectivity index (χ0) is 10.7. The molecule has 4 heteroatoms. The molecule has 0 spiro atoms. The summed E-state index contributed by atoms with van der Waals surface area (Å²) in [7, 11) is 0. The number of benzene rings is 1. The van der Waals surface area contributed by atoms with Crippen LogP contribution in [0.3, 0.4) is 0 Å².